The zero-order valence-corrected chi connectivity index (χ0v) is 15.5. The molecule has 0 atom stereocenters. The van der Waals surface area contributed by atoms with Crippen molar-refractivity contribution < 1.29 is 35.6 Å². The van der Waals surface area contributed by atoms with Gasteiger partial charge < -0.3 is 9.41 Å². The Kier molecular flexibility index (Phi) is 16.1. The molecule has 3 radical (unpaired) electrons. The van der Waals surface area contributed by atoms with Gasteiger partial charge in [-0.05, 0) is 12.3 Å². The van der Waals surface area contributed by atoms with Crippen LogP contribution < -0.4 is 9.41 Å². The van der Waals surface area contributed by atoms with Gasteiger partial charge in [-0.2, -0.15) is 6.07 Å². The molecule has 0 spiro atoms. The summed E-state index contributed by atoms with van der Waals surface area (Å²) in [7, 11) is 1.08. The number of hydrogen-bond acceptors (Lipinski definition) is 0. The van der Waals surface area contributed by atoms with E-state index in [1.165, 1.54) is 22.8 Å². The fourth-order valence-corrected chi connectivity index (χ4v) is 1.80. The smallest absolute Gasteiger partial charge is 1.00 e. The molecular weight excluding hydrogens is 337 g/mol. The Balaban J connectivity index is -0.000000393. The molecule has 0 heterocycles. The molecule has 0 aliphatic carbocycles. The molecule has 103 valence electrons. The van der Waals surface area contributed by atoms with Crippen molar-refractivity contribution >= 4 is 20.3 Å². The molecule has 19 heavy (non-hydrogen) atoms. The molecule has 2 rings (SSSR count). The Morgan fingerprint density at radius 1 is 1.11 bits per heavy atom. The molecule has 0 aliphatic heterocycles. The Hall–Kier alpha value is -0.210. The second kappa shape index (κ2) is 12.8. The Morgan fingerprint density at radius 3 is 2.11 bits per heavy atom. The van der Waals surface area contributed by atoms with E-state index in [4.69, 9.17) is 0 Å². The molecule has 4 heteroatoms. The van der Waals surface area contributed by atoms with Crippen LogP contribution in [0, 0.1) is 5.92 Å². The van der Waals surface area contributed by atoms with Gasteiger partial charge in [-0.15, -0.1) is 40.6 Å². The van der Waals surface area contributed by atoms with E-state index >= 15 is 0 Å². The quantitative estimate of drug-likeness (QED) is 0.455. The van der Waals surface area contributed by atoms with Gasteiger partial charge in [0.1, 0.15) is 0 Å². The fourth-order valence-electron chi connectivity index (χ4n) is 1.80. The van der Waals surface area contributed by atoms with Crippen LogP contribution in [0.15, 0.2) is 36.4 Å². The molecular formula is C15H21F2SiZr. The van der Waals surface area contributed by atoms with Gasteiger partial charge in [0.05, 0.1) is 0 Å². The average Bonchev–Trinajstić information content (AvgIpc) is 2.59. The standard InChI is InChI=1S/C13H15.C2H6Si.2FH.Zr/c1-10(2)7-11-8-12-5-3-4-6-13(12)9-11;1-3-2;;;/h3-6,8-10H,7H2,1-2H3;1-2H3;2*1H;/q-1;;;;+3/p-2. The van der Waals surface area contributed by atoms with E-state index in [0.29, 0.717) is 0 Å². The number of rotatable bonds is 2. The van der Waals surface area contributed by atoms with E-state index in [0.717, 1.165) is 15.4 Å². The number of hydrogen-bond donors (Lipinski definition) is 0. The number of halogens is 2. The van der Waals surface area contributed by atoms with Gasteiger partial charge in [-0.1, -0.05) is 33.0 Å². The van der Waals surface area contributed by atoms with E-state index in [-0.39, 0.29) is 35.6 Å². The van der Waals surface area contributed by atoms with Crippen LogP contribution in [0.25, 0.3) is 10.8 Å². The van der Waals surface area contributed by atoms with Crippen molar-refractivity contribution in [2.45, 2.75) is 33.4 Å². The maximum atomic E-state index is 2.30. The summed E-state index contributed by atoms with van der Waals surface area (Å²) in [4.78, 5) is 0. The molecule has 0 N–H and O–H groups in total. The second-order valence-corrected chi connectivity index (χ2v) is 5.59. The summed E-state index contributed by atoms with van der Waals surface area (Å²) in [6.07, 6.45) is 1.19. The zero-order chi connectivity index (χ0) is 12.0. The summed E-state index contributed by atoms with van der Waals surface area (Å²) in [6, 6.07) is 13.2. The zero-order valence-electron chi connectivity index (χ0n) is 12.0. The molecule has 2 aromatic rings. The first kappa shape index (κ1) is 23.9. The molecule has 0 bridgehead atoms. The maximum Gasteiger partial charge on any atom is 3.00 e. The summed E-state index contributed by atoms with van der Waals surface area (Å²) in [5.41, 5.74) is 1.47. The predicted molar refractivity (Wildman–Crippen MR) is 75.6 cm³/mol. The van der Waals surface area contributed by atoms with Crippen molar-refractivity contribution in [3.63, 3.8) is 0 Å². The summed E-state index contributed by atoms with van der Waals surface area (Å²) in [6.45, 7) is 8.83. The molecule has 0 fully saturated rings. The summed E-state index contributed by atoms with van der Waals surface area (Å²) in [5, 5.41) is 2.75. The Morgan fingerprint density at radius 2 is 1.63 bits per heavy atom. The van der Waals surface area contributed by atoms with E-state index in [1.54, 1.807) is 0 Å². The maximum absolute atomic E-state index is 2.30. The Bertz CT molecular complexity index is 394. The SMILES string of the molecule is CC(C)Cc1cc2ccccc2[cH-]1.C[Si]C.[F-].[F-].[Zr+3]. The molecule has 0 saturated heterocycles. The van der Waals surface area contributed by atoms with Crippen LogP contribution in [0.5, 0.6) is 0 Å². The average molecular weight is 359 g/mol. The molecule has 0 nitrogen and oxygen atoms in total. The molecule has 0 amide bonds. The van der Waals surface area contributed by atoms with Gasteiger partial charge >= 0.3 is 26.2 Å². The van der Waals surface area contributed by atoms with E-state index in [9.17, 15) is 0 Å². The molecule has 2 aromatic carbocycles. The number of benzene rings is 1. The van der Waals surface area contributed by atoms with Crippen molar-refractivity contribution in [3.8, 4) is 0 Å². The monoisotopic (exact) mass is 357 g/mol. The van der Waals surface area contributed by atoms with Crippen molar-refractivity contribution in [1.82, 2.24) is 0 Å². The van der Waals surface area contributed by atoms with Crippen LogP contribution in [0.4, 0.5) is 0 Å². The van der Waals surface area contributed by atoms with Crippen LogP contribution in [0.2, 0.25) is 13.1 Å². The van der Waals surface area contributed by atoms with E-state index < -0.39 is 0 Å². The molecule has 0 unspecified atom stereocenters. The van der Waals surface area contributed by atoms with Gasteiger partial charge in [-0.3, -0.25) is 0 Å². The molecule has 0 saturated carbocycles. The van der Waals surface area contributed by atoms with E-state index in [2.05, 4.69) is 63.3 Å². The second-order valence-electron chi connectivity index (χ2n) is 4.59. The number of fused-ring (bicyclic) bond motifs is 1. The van der Waals surface area contributed by atoms with Gasteiger partial charge in [-0.25, -0.2) is 0 Å². The minimum atomic E-state index is 0. The Labute approximate surface area is 137 Å². The van der Waals surface area contributed by atoms with Gasteiger partial charge in [0.15, 0.2) is 0 Å². The minimum absolute atomic E-state index is 0. The normalized spacial score (nSPS) is 8.68. The first-order valence-corrected chi connectivity index (χ1v) is 7.90. The van der Waals surface area contributed by atoms with Crippen LogP contribution in [0.1, 0.15) is 19.4 Å². The third kappa shape index (κ3) is 8.54. The molecule has 0 aliphatic rings. The van der Waals surface area contributed by atoms with Crippen LogP contribution in [0.3, 0.4) is 0 Å². The van der Waals surface area contributed by atoms with Crippen molar-refractivity contribution in [3.05, 3.63) is 42.0 Å². The fraction of sp³-hybridized carbons (Fsp3) is 0.400. The van der Waals surface area contributed by atoms with Gasteiger partial charge in [0, 0.05) is 9.52 Å². The minimum Gasteiger partial charge on any atom is -1.00 e. The first-order valence-electron chi connectivity index (χ1n) is 5.90. The summed E-state index contributed by atoms with van der Waals surface area (Å²) < 4.78 is 0. The predicted octanol–water partition coefficient (Wildman–Crippen LogP) is -1.45. The van der Waals surface area contributed by atoms with Gasteiger partial charge in [0.2, 0.25) is 0 Å². The van der Waals surface area contributed by atoms with Crippen LogP contribution in [-0.4, -0.2) is 9.52 Å². The van der Waals surface area contributed by atoms with Crippen LogP contribution >= 0.6 is 0 Å². The van der Waals surface area contributed by atoms with Crippen molar-refractivity contribution in [1.29, 1.82) is 0 Å². The summed E-state index contributed by atoms with van der Waals surface area (Å²) >= 11 is 0. The van der Waals surface area contributed by atoms with Crippen molar-refractivity contribution in [2.75, 3.05) is 0 Å². The van der Waals surface area contributed by atoms with Crippen LogP contribution in [-0.2, 0) is 32.6 Å². The third-order valence-electron chi connectivity index (χ3n) is 2.32. The summed E-state index contributed by atoms with van der Waals surface area (Å²) in [5.74, 6) is 0.747. The topological polar surface area (TPSA) is 0 Å². The third-order valence-corrected chi connectivity index (χ3v) is 2.32. The van der Waals surface area contributed by atoms with Gasteiger partial charge in [0.25, 0.3) is 0 Å². The molecule has 0 aromatic heterocycles. The first-order chi connectivity index (χ1) is 7.67. The largest absolute Gasteiger partial charge is 3.00 e. The van der Waals surface area contributed by atoms with E-state index in [1.807, 2.05) is 0 Å². The van der Waals surface area contributed by atoms with Crippen molar-refractivity contribution in [2.24, 2.45) is 5.92 Å².